The smallest absolute Gasteiger partial charge is 0.305 e. The molecule has 1 amide bonds. The third-order valence-corrected chi connectivity index (χ3v) is 3.25. The van der Waals surface area contributed by atoms with Crippen molar-refractivity contribution in [3.8, 4) is 0 Å². The molecular weight excluding hydrogens is 256 g/mol. The first-order valence-electron chi connectivity index (χ1n) is 6.76. The lowest BCUT2D eigenvalue weighted by Crippen LogP contribution is -2.36. The van der Waals surface area contributed by atoms with Crippen LogP contribution in [0.2, 0.25) is 0 Å². The number of hydrogen-bond donors (Lipinski definition) is 1. The number of hydrogen-bond acceptors (Lipinski definition) is 3. The summed E-state index contributed by atoms with van der Waals surface area (Å²) in [5.74, 6) is -3.39. The van der Waals surface area contributed by atoms with E-state index in [1.807, 2.05) is 0 Å². The normalized spacial score (nSPS) is 18.9. The van der Waals surface area contributed by atoms with Crippen molar-refractivity contribution in [2.45, 2.75) is 51.4 Å². The second-order valence-corrected chi connectivity index (χ2v) is 4.83. The van der Waals surface area contributed by atoms with Gasteiger partial charge in [-0.1, -0.05) is 0 Å². The van der Waals surface area contributed by atoms with E-state index in [0.29, 0.717) is 19.6 Å². The molecule has 0 aromatic carbocycles. The van der Waals surface area contributed by atoms with Gasteiger partial charge in [0, 0.05) is 31.7 Å². The summed E-state index contributed by atoms with van der Waals surface area (Å²) in [6, 6.07) is 0. The van der Waals surface area contributed by atoms with Crippen LogP contribution < -0.4 is 5.32 Å². The van der Waals surface area contributed by atoms with Gasteiger partial charge in [-0.25, -0.2) is 8.78 Å². The molecule has 110 valence electrons. The maximum atomic E-state index is 12.9. The van der Waals surface area contributed by atoms with Gasteiger partial charge in [-0.3, -0.25) is 9.59 Å². The number of halogens is 2. The quantitative estimate of drug-likeness (QED) is 0.598. The van der Waals surface area contributed by atoms with Crippen molar-refractivity contribution in [3.05, 3.63) is 0 Å². The molecule has 4 nitrogen and oxygen atoms in total. The monoisotopic (exact) mass is 277 g/mol. The lowest BCUT2D eigenvalue weighted by molar-refractivity contribution is -0.143. The van der Waals surface area contributed by atoms with Crippen LogP contribution in [0.15, 0.2) is 0 Å². The summed E-state index contributed by atoms with van der Waals surface area (Å²) in [5, 5.41) is 2.69. The van der Waals surface area contributed by atoms with E-state index >= 15 is 0 Å². The molecule has 0 bridgehead atoms. The van der Waals surface area contributed by atoms with Crippen LogP contribution in [0, 0.1) is 5.92 Å². The summed E-state index contributed by atoms with van der Waals surface area (Å²) in [6.45, 7) is 2.46. The Morgan fingerprint density at radius 1 is 1.32 bits per heavy atom. The number of carbonyl (C=O) groups excluding carboxylic acids is 2. The van der Waals surface area contributed by atoms with E-state index < -0.39 is 5.92 Å². The van der Waals surface area contributed by atoms with Gasteiger partial charge < -0.3 is 10.1 Å². The van der Waals surface area contributed by atoms with Crippen LogP contribution in [0.4, 0.5) is 8.78 Å². The minimum absolute atomic E-state index is 0.181. The molecule has 1 aliphatic rings. The standard InChI is InChI=1S/C13H21F2NO3/c1-2-19-11(17)4-3-9-16-12(18)10-5-7-13(14,15)8-6-10/h10H,2-9H2,1H3,(H,16,18). The van der Waals surface area contributed by atoms with Gasteiger partial charge in [0.1, 0.15) is 0 Å². The van der Waals surface area contributed by atoms with E-state index in [9.17, 15) is 18.4 Å². The summed E-state index contributed by atoms with van der Waals surface area (Å²) in [7, 11) is 0. The van der Waals surface area contributed by atoms with Crippen molar-refractivity contribution in [2.24, 2.45) is 5.92 Å². The zero-order valence-corrected chi connectivity index (χ0v) is 11.2. The Labute approximate surface area is 111 Å². The van der Waals surface area contributed by atoms with E-state index in [2.05, 4.69) is 5.32 Å². The first-order chi connectivity index (χ1) is 8.94. The number of esters is 1. The second-order valence-electron chi connectivity index (χ2n) is 4.83. The first kappa shape index (κ1) is 15.9. The zero-order chi connectivity index (χ0) is 14.3. The van der Waals surface area contributed by atoms with Crippen molar-refractivity contribution in [2.75, 3.05) is 13.2 Å². The Hall–Kier alpha value is -1.20. The number of alkyl halides is 2. The highest BCUT2D eigenvalue weighted by Gasteiger charge is 2.37. The highest BCUT2D eigenvalue weighted by atomic mass is 19.3. The van der Waals surface area contributed by atoms with Gasteiger partial charge >= 0.3 is 5.97 Å². The molecule has 1 N–H and O–H groups in total. The second kappa shape index (κ2) is 7.40. The summed E-state index contributed by atoms with van der Waals surface area (Å²) >= 11 is 0. The van der Waals surface area contributed by atoms with Crippen LogP contribution in [-0.2, 0) is 14.3 Å². The Morgan fingerprint density at radius 3 is 2.53 bits per heavy atom. The van der Waals surface area contributed by atoms with Crippen LogP contribution in [0.3, 0.4) is 0 Å². The molecule has 0 aromatic rings. The molecule has 19 heavy (non-hydrogen) atoms. The third-order valence-electron chi connectivity index (χ3n) is 3.25. The summed E-state index contributed by atoms with van der Waals surface area (Å²) in [4.78, 5) is 22.7. The largest absolute Gasteiger partial charge is 0.466 e. The van der Waals surface area contributed by atoms with Crippen LogP contribution in [0.5, 0.6) is 0 Å². The number of amides is 1. The lowest BCUT2D eigenvalue weighted by atomic mass is 9.86. The fraction of sp³-hybridized carbons (Fsp3) is 0.846. The van der Waals surface area contributed by atoms with Gasteiger partial charge in [-0.2, -0.15) is 0 Å². The van der Waals surface area contributed by atoms with Gasteiger partial charge in [-0.15, -0.1) is 0 Å². The molecule has 1 saturated carbocycles. The van der Waals surface area contributed by atoms with Crippen LogP contribution in [0.1, 0.15) is 45.4 Å². The highest BCUT2D eigenvalue weighted by Crippen LogP contribution is 2.36. The first-order valence-corrected chi connectivity index (χ1v) is 6.76. The van der Waals surface area contributed by atoms with Crippen molar-refractivity contribution in [3.63, 3.8) is 0 Å². The van der Waals surface area contributed by atoms with E-state index in [1.54, 1.807) is 6.92 Å². The molecule has 0 atom stereocenters. The Kier molecular flexibility index (Phi) is 6.18. The molecule has 1 aliphatic carbocycles. The molecule has 0 aromatic heterocycles. The summed E-state index contributed by atoms with van der Waals surface area (Å²) in [5.41, 5.74) is 0. The Balaban J connectivity index is 2.13. The molecule has 1 rings (SSSR count). The third kappa shape index (κ3) is 5.98. The van der Waals surface area contributed by atoms with Gasteiger partial charge in [0.2, 0.25) is 11.8 Å². The number of nitrogens with one attached hydrogen (secondary N) is 1. The van der Waals surface area contributed by atoms with Crippen LogP contribution in [0.25, 0.3) is 0 Å². The van der Waals surface area contributed by atoms with Crippen molar-refractivity contribution in [1.82, 2.24) is 5.32 Å². The molecule has 0 radical (unpaired) electrons. The number of carbonyl (C=O) groups is 2. The molecule has 0 aliphatic heterocycles. The average Bonchev–Trinajstić information content (AvgIpc) is 2.34. The molecule has 0 saturated heterocycles. The molecule has 0 spiro atoms. The van der Waals surface area contributed by atoms with Crippen LogP contribution >= 0.6 is 0 Å². The van der Waals surface area contributed by atoms with E-state index in [4.69, 9.17) is 4.74 Å². The van der Waals surface area contributed by atoms with Gasteiger partial charge in [0.05, 0.1) is 6.61 Å². The van der Waals surface area contributed by atoms with E-state index in [0.717, 1.165) is 0 Å². The topological polar surface area (TPSA) is 55.4 Å². The molecule has 1 fully saturated rings. The molecule has 0 unspecified atom stereocenters. The van der Waals surface area contributed by atoms with Gasteiger partial charge in [0.15, 0.2) is 0 Å². The molecular formula is C13H21F2NO3. The minimum atomic E-state index is -2.61. The minimum Gasteiger partial charge on any atom is -0.466 e. The van der Waals surface area contributed by atoms with Crippen molar-refractivity contribution >= 4 is 11.9 Å². The predicted molar refractivity (Wildman–Crippen MR) is 65.8 cm³/mol. The number of rotatable bonds is 6. The average molecular weight is 277 g/mol. The van der Waals surface area contributed by atoms with E-state index in [1.165, 1.54) is 0 Å². The Bertz CT molecular complexity index is 311. The maximum Gasteiger partial charge on any atom is 0.305 e. The van der Waals surface area contributed by atoms with Crippen molar-refractivity contribution < 1.29 is 23.1 Å². The van der Waals surface area contributed by atoms with Crippen molar-refractivity contribution in [1.29, 1.82) is 0 Å². The molecule has 6 heteroatoms. The van der Waals surface area contributed by atoms with E-state index in [-0.39, 0.29) is 49.9 Å². The predicted octanol–water partition coefficient (Wildman–Crippen LogP) is 2.27. The molecule has 0 heterocycles. The van der Waals surface area contributed by atoms with Gasteiger partial charge in [-0.05, 0) is 26.2 Å². The lowest BCUT2D eigenvalue weighted by Gasteiger charge is -2.27. The maximum absolute atomic E-state index is 12.9. The van der Waals surface area contributed by atoms with Gasteiger partial charge in [0.25, 0.3) is 0 Å². The fourth-order valence-corrected chi connectivity index (χ4v) is 2.12. The number of ether oxygens (including phenoxy) is 1. The summed E-state index contributed by atoms with van der Waals surface area (Å²) in [6.07, 6.45) is 0.805. The summed E-state index contributed by atoms with van der Waals surface area (Å²) < 4.78 is 30.6. The van der Waals surface area contributed by atoms with Crippen LogP contribution in [-0.4, -0.2) is 31.0 Å². The SMILES string of the molecule is CCOC(=O)CCCNC(=O)C1CCC(F)(F)CC1. The Morgan fingerprint density at radius 2 is 1.95 bits per heavy atom. The fourth-order valence-electron chi connectivity index (χ4n) is 2.12. The zero-order valence-electron chi connectivity index (χ0n) is 11.2. The highest BCUT2D eigenvalue weighted by molar-refractivity contribution is 5.78.